The van der Waals surface area contributed by atoms with Gasteiger partial charge in [0, 0.05) is 23.7 Å². The van der Waals surface area contributed by atoms with E-state index >= 15 is 0 Å². The highest BCUT2D eigenvalue weighted by Crippen LogP contribution is 2.19. The third-order valence-electron chi connectivity index (χ3n) is 2.94. The fraction of sp³-hybridized carbons (Fsp3) is 0.400. The maximum atomic E-state index is 4.44. The fourth-order valence-corrected chi connectivity index (χ4v) is 1.68. The largest absolute Gasteiger partial charge is 0.260 e. The molecule has 2 heterocycles. The van der Waals surface area contributed by atoms with Crippen molar-refractivity contribution in [2.75, 3.05) is 0 Å². The smallest absolute Gasteiger partial charge is 0.0900 e. The van der Waals surface area contributed by atoms with E-state index in [1.54, 1.807) is 0 Å². The van der Waals surface area contributed by atoms with E-state index in [1.165, 1.54) is 0 Å². The highest BCUT2D eigenvalue weighted by atomic mass is 14.8. The first-order chi connectivity index (χ1) is 8.58. The summed E-state index contributed by atoms with van der Waals surface area (Å²) in [6, 6.07) is 4.11. The average molecular weight is 241 g/mol. The summed E-state index contributed by atoms with van der Waals surface area (Å²) in [7, 11) is 0. The zero-order chi connectivity index (χ0) is 13.1. The van der Waals surface area contributed by atoms with Gasteiger partial charge in [-0.25, -0.2) is 0 Å². The number of hydrogen-bond donors (Lipinski definition) is 0. The van der Waals surface area contributed by atoms with Crippen LogP contribution in [0.4, 0.5) is 0 Å². The monoisotopic (exact) mass is 241 g/mol. The van der Waals surface area contributed by atoms with Crippen molar-refractivity contribution in [3.8, 4) is 11.3 Å². The van der Waals surface area contributed by atoms with Crippen LogP contribution in [0.1, 0.15) is 50.9 Å². The Kier molecular flexibility index (Phi) is 3.70. The van der Waals surface area contributed by atoms with Crippen LogP contribution >= 0.6 is 0 Å². The van der Waals surface area contributed by atoms with Crippen molar-refractivity contribution in [2.24, 2.45) is 0 Å². The highest BCUT2D eigenvalue weighted by molar-refractivity contribution is 5.56. The molecule has 2 aromatic rings. The Hall–Kier alpha value is -1.77. The van der Waals surface area contributed by atoms with Crippen LogP contribution in [0, 0.1) is 0 Å². The van der Waals surface area contributed by atoms with E-state index in [0.29, 0.717) is 11.8 Å². The fourth-order valence-electron chi connectivity index (χ4n) is 1.68. The molecule has 0 unspecified atom stereocenters. The summed E-state index contributed by atoms with van der Waals surface area (Å²) in [6.07, 6.45) is 5.53. The molecule has 18 heavy (non-hydrogen) atoms. The first-order valence-corrected chi connectivity index (χ1v) is 6.36. The predicted octanol–water partition coefficient (Wildman–Crippen LogP) is 3.79. The van der Waals surface area contributed by atoms with Gasteiger partial charge in [-0.05, 0) is 24.0 Å². The normalized spacial score (nSPS) is 11.2. The first-order valence-electron chi connectivity index (χ1n) is 6.36. The molecule has 0 aliphatic heterocycles. The van der Waals surface area contributed by atoms with Gasteiger partial charge < -0.3 is 0 Å². The standard InChI is InChI=1S/C15H19N3/c1-10(2)13-6-5-12(7-16-13)15-9-17-14(8-18-15)11(3)4/h5-11H,1-4H3. The molecule has 2 aromatic heterocycles. The van der Waals surface area contributed by atoms with Gasteiger partial charge in [0.2, 0.25) is 0 Å². The Morgan fingerprint density at radius 1 is 0.722 bits per heavy atom. The molecule has 0 saturated carbocycles. The van der Waals surface area contributed by atoms with Crippen LogP contribution in [0.15, 0.2) is 30.7 Å². The van der Waals surface area contributed by atoms with E-state index in [0.717, 1.165) is 22.6 Å². The summed E-state index contributed by atoms with van der Waals surface area (Å²) >= 11 is 0. The molecule has 0 saturated heterocycles. The van der Waals surface area contributed by atoms with Gasteiger partial charge in [0.25, 0.3) is 0 Å². The molecule has 0 fully saturated rings. The molecule has 3 nitrogen and oxygen atoms in total. The summed E-state index contributed by atoms with van der Waals surface area (Å²) in [6.45, 7) is 8.50. The molecule has 94 valence electrons. The number of rotatable bonds is 3. The molecule has 3 heteroatoms. The molecule has 0 aliphatic rings. The molecule has 0 atom stereocenters. The van der Waals surface area contributed by atoms with Crippen molar-refractivity contribution in [3.63, 3.8) is 0 Å². The summed E-state index contributed by atoms with van der Waals surface area (Å²) in [5, 5.41) is 0. The second kappa shape index (κ2) is 5.25. The average Bonchev–Trinajstić information content (AvgIpc) is 2.39. The third kappa shape index (κ3) is 2.73. The van der Waals surface area contributed by atoms with E-state index < -0.39 is 0 Å². The number of pyridine rings is 1. The lowest BCUT2D eigenvalue weighted by Crippen LogP contribution is -1.96. The molecule has 0 aliphatic carbocycles. The Labute approximate surface area is 108 Å². The van der Waals surface area contributed by atoms with Crippen molar-refractivity contribution in [2.45, 2.75) is 39.5 Å². The van der Waals surface area contributed by atoms with E-state index in [9.17, 15) is 0 Å². The quantitative estimate of drug-likeness (QED) is 0.820. The van der Waals surface area contributed by atoms with Crippen molar-refractivity contribution in [3.05, 3.63) is 42.1 Å². The topological polar surface area (TPSA) is 38.7 Å². The second-order valence-electron chi connectivity index (χ2n) is 5.11. The molecule has 0 spiro atoms. The molecule has 0 radical (unpaired) electrons. The summed E-state index contributed by atoms with van der Waals surface area (Å²) < 4.78 is 0. The number of nitrogens with zero attached hydrogens (tertiary/aromatic N) is 3. The van der Waals surface area contributed by atoms with Gasteiger partial charge >= 0.3 is 0 Å². The van der Waals surface area contributed by atoms with Crippen LogP contribution in [0.3, 0.4) is 0 Å². The van der Waals surface area contributed by atoms with E-state index in [-0.39, 0.29) is 0 Å². The summed E-state index contributed by atoms with van der Waals surface area (Å²) in [5.41, 5.74) is 4.01. The number of hydrogen-bond acceptors (Lipinski definition) is 3. The number of aromatic nitrogens is 3. The maximum Gasteiger partial charge on any atom is 0.0900 e. The third-order valence-corrected chi connectivity index (χ3v) is 2.94. The van der Waals surface area contributed by atoms with Crippen LogP contribution in [-0.4, -0.2) is 15.0 Å². The molecular formula is C15H19N3. The zero-order valence-corrected chi connectivity index (χ0v) is 11.4. The van der Waals surface area contributed by atoms with Gasteiger partial charge in [-0.15, -0.1) is 0 Å². The molecule has 2 rings (SSSR count). The Balaban J connectivity index is 2.25. The molecular weight excluding hydrogens is 222 g/mol. The van der Waals surface area contributed by atoms with E-state index in [1.807, 2.05) is 18.6 Å². The van der Waals surface area contributed by atoms with Gasteiger partial charge in [-0.3, -0.25) is 15.0 Å². The SMILES string of the molecule is CC(C)c1ccc(-c2cnc(C(C)C)cn2)cn1. The minimum absolute atomic E-state index is 0.410. The summed E-state index contributed by atoms with van der Waals surface area (Å²) in [5.74, 6) is 0.862. The molecule has 0 N–H and O–H groups in total. The van der Waals surface area contributed by atoms with Crippen molar-refractivity contribution in [1.29, 1.82) is 0 Å². The maximum absolute atomic E-state index is 4.44. The molecule has 0 bridgehead atoms. The Morgan fingerprint density at radius 3 is 1.83 bits per heavy atom. The molecule has 0 aromatic carbocycles. The predicted molar refractivity (Wildman–Crippen MR) is 73.4 cm³/mol. The Morgan fingerprint density at radius 2 is 1.39 bits per heavy atom. The van der Waals surface area contributed by atoms with Crippen LogP contribution in [0.25, 0.3) is 11.3 Å². The van der Waals surface area contributed by atoms with Gasteiger partial charge in [-0.1, -0.05) is 27.7 Å². The van der Waals surface area contributed by atoms with E-state index in [2.05, 4.69) is 54.8 Å². The van der Waals surface area contributed by atoms with Crippen molar-refractivity contribution >= 4 is 0 Å². The lowest BCUT2D eigenvalue weighted by atomic mass is 10.1. The van der Waals surface area contributed by atoms with Crippen LogP contribution in [0.2, 0.25) is 0 Å². The lowest BCUT2D eigenvalue weighted by Gasteiger charge is -2.07. The Bertz CT molecular complexity index is 449. The van der Waals surface area contributed by atoms with Crippen molar-refractivity contribution in [1.82, 2.24) is 15.0 Å². The highest BCUT2D eigenvalue weighted by Gasteiger charge is 2.05. The van der Waals surface area contributed by atoms with Gasteiger partial charge in [0.15, 0.2) is 0 Å². The minimum atomic E-state index is 0.410. The van der Waals surface area contributed by atoms with E-state index in [4.69, 9.17) is 0 Å². The second-order valence-corrected chi connectivity index (χ2v) is 5.11. The van der Waals surface area contributed by atoms with Crippen LogP contribution in [0.5, 0.6) is 0 Å². The molecule has 0 amide bonds. The van der Waals surface area contributed by atoms with Gasteiger partial charge in [0.05, 0.1) is 17.6 Å². The lowest BCUT2D eigenvalue weighted by molar-refractivity contribution is 0.812. The zero-order valence-electron chi connectivity index (χ0n) is 11.4. The summed E-state index contributed by atoms with van der Waals surface area (Å²) in [4.78, 5) is 13.3. The van der Waals surface area contributed by atoms with Gasteiger partial charge in [-0.2, -0.15) is 0 Å². The van der Waals surface area contributed by atoms with Crippen molar-refractivity contribution < 1.29 is 0 Å². The first kappa shape index (κ1) is 12.7. The van der Waals surface area contributed by atoms with Crippen LogP contribution < -0.4 is 0 Å². The van der Waals surface area contributed by atoms with Gasteiger partial charge in [0.1, 0.15) is 0 Å². The minimum Gasteiger partial charge on any atom is -0.260 e. The van der Waals surface area contributed by atoms with Crippen LogP contribution in [-0.2, 0) is 0 Å².